The second-order valence-electron chi connectivity index (χ2n) is 4.98. The third-order valence-corrected chi connectivity index (χ3v) is 5.60. The van der Waals surface area contributed by atoms with Crippen LogP contribution in [0.25, 0.3) is 0 Å². The van der Waals surface area contributed by atoms with Crippen LogP contribution in [0.2, 0.25) is 0 Å². The highest BCUT2D eigenvalue weighted by Crippen LogP contribution is 2.22. The Bertz CT molecular complexity index is 353. The van der Waals surface area contributed by atoms with Gasteiger partial charge in [0, 0.05) is 39.8 Å². The van der Waals surface area contributed by atoms with E-state index in [1.165, 1.54) is 0 Å². The van der Waals surface area contributed by atoms with Crippen LogP contribution in [0.3, 0.4) is 0 Å². The molecule has 1 atom stereocenters. The molecule has 1 unspecified atom stereocenters. The number of nitrogens with one attached hydrogen (secondary N) is 1. The van der Waals surface area contributed by atoms with E-state index in [0.717, 1.165) is 25.9 Å². The van der Waals surface area contributed by atoms with Crippen LogP contribution in [0.15, 0.2) is 0 Å². The zero-order valence-electron chi connectivity index (χ0n) is 11.0. The summed E-state index contributed by atoms with van der Waals surface area (Å²) in [6.45, 7) is 4.72. The number of methoxy groups -OCH3 is 1. The lowest BCUT2D eigenvalue weighted by molar-refractivity contribution is 0.157. The maximum absolute atomic E-state index is 12.5. The molecule has 0 amide bonds. The molecule has 0 bridgehead atoms. The molecule has 2 heterocycles. The van der Waals surface area contributed by atoms with Gasteiger partial charge in [-0.1, -0.05) is 0 Å². The maximum atomic E-state index is 12.5. The summed E-state index contributed by atoms with van der Waals surface area (Å²) in [6, 6.07) is 0. The van der Waals surface area contributed by atoms with Crippen LogP contribution in [0, 0.1) is 5.92 Å². The summed E-state index contributed by atoms with van der Waals surface area (Å²) in [6.07, 6.45) is 1.79. The Morgan fingerprint density at radius 3 is 2.83 bits per heavy atom. The lowest BCUT2D eigenvalue weighted by Gasteiger charge is -2.26. The molecular weight excluding hydrogens is 254 g/mol. The van der Waals surface area contributed by atoms with Gasteiger partial charge in [0.25, 0.3) is 10.2 Å². The first-order valence-corrected chi connectivity index (χ1v) is 7.99. The number of hydrogen-bond donors (Lipinski definition) is 1. The average Bonchev–Trinajstić information content (AvgIpc) is 2.65. The number of hydrogen-bond acceptors (Lipinski definition) is 4. The van der Waals surface area contributed by atoms with Gasteiger partial charge in [0.15, 0.2) is 0 Å². The molecule has 0 aromatic heterocycles. The van der Waals surface area contributed by atoms with Crippen molar-refractivity contribution in [2.75, 3.05) is 53.0 Å². The molecule has 18 heavy (non-hydrogen) atoms. The van der Waals surface area contributed by atoms with Crippen molar-refractivity contribution in [3.63, 3.8) is 0 Å². The second-order valence-corrected chi connectivity index (χ2v) is 6.91. The Morgan fingerprint density at radius 1 is 1.22 bits per heavy atom. The van der Waals surface area contributed by atoms with Crippen molar-refractivity contribution < 1.29 is 13.2 Å². The molecule has 7 heteroatoms. The Hall–Kier alpha value is -0.210. The van der Waals surface area contributed by atoms with Crippen LogP contribution < -0.4 is 5.32 Å². The Labute approximate surface area is 109 Å². The predicted octanol–water partition coefficient (Wildman–Crippen LogP) is -0.505. The Morgan fingerprint density at radius 2 is 2.06 bits per heavy atom. The molecule has 0 spiro atoms. The zero-order valence-corrected chi connectivity index (χ0v) is 11.8. The van der Waals surface area contributed by atoms with Gasteiger partial charge in [0.05, 0.1) is 6.61 Å². The third kappa shape index (κ3) is 3.21. The molecule has 1 N–H and O–H groups in total. The Balaban J connectivity index is 1.97. The summed E-state index contributed by atoms with van der Waals surface area (Å²) in [4.78, 5) is 0. The molecule has 106 valence electrons. The summed E-state index contributed by atoms with van der Waals surface area (Å²) in [5.74, 6) is 0.342. The SMILES string of the molecule is COCC1CCN(S(=O)(=O)N2CCCNCC2)C1. The van der Waals surface area contributed by atoms with E-state index < -0.39 is 10.2 Å². The van der Waals surface area contributed by atoms with E-state index in [9.17, 15) is 8.42 Å². The van der Waals surface area contributed by atoms with E-state index in [1.807, 2.05) is 0 Å². The van der Waals surface area contributed by atoms with E-state index in [0.29, 0.717) is 38.7 Å². The van der Waals surface area contributed by atoms with Gasteiger partial charge in [0.2, 0.25) is 0 Å². The summed E-state index contributed by atoms with van der Waals surface area (Å²) in [5, 5.41) is 3.22. The van der Waals surface area contributed by atoms with Crippen molar-refractivity contribution in [2.24, 2.45) is 5.92 Å². The average molecular weight is 277 g/mol. The van der Waals surface area contributed by atoms with Crippen molar-refractivity contribution in [1.82, 2.24) is 13.9 Å². The van der Waals surface area contributed by atoms with E-state index in [4.69, 9.17) is 4.74 Å². The van der Waals surface area contributed by atoms with Crippen LogP contribution in [-0.2, 0) is 14.9 Å². The largest absolute Gasteiger partial charge is 0.384 e. The third-order valence-electron chi connectivity index (χ3n) is 3.60. The maximum Gasteiger partial charge on any atom is 0.282 e. The fourth-order valence-corrected chi connectivity index (χ4v) is 4.34. The fraction of sp³-hybridized carbons (Fsp3) is 1.00. The minimum absolute atomic E-state index is 0.342. The summed E-state index contributed by atoms with van der Waals surface area (Å²) < 4.78 is 33.3. The first-order valence-electron chi connectivity index (χ1n) is 6.59. The van der Waals surface area contributed by atoms with Crippen molar-refractivity contribution in [3.8, 4) is 0 Å². The molecule has 2 saturated heterocycles. The van der Waals surface area contributed by atoms with Gasteiger partial charge in [-0.05, 0) is 25.3 Å². The van der Waals surface area contributed by atoms with E-state index in [2.05, 4.69) is 5.32 Å². The smallest absolute Gasteiger partial charge is 0.282 e. The highest BCUT2D eigenvalue weighted by molar-refractivity contribution is 7.86. The quantitative estimate of drug-likeness (QED) is 0.752. The van der Waals surface area contributed by atoms with Gasteiger partial charge in [-0.25, -0.2) is 0 Å². The summed E-state index contributed by atoms with van der Waals surface area (Å²) >= 11 is 0. The molecule has 0 saturated carbocycles. The second kappa shape index (κ2) is 6.29. The fourth-order valence-electron chi connectivity index (χ4n) is 2.59. The standard InChI is InChI=1S/C11H23N3O3S/c1-17-10-11-3-7-14(9-11)18(15,16)13-6-2-4-12-5-8-13/h11-12H,2-10H2,1H3. The van der Waals surface area contributed by atoms with E-state index in [1.54, 1.807) is 15.7 Å². The normalized spacial score (nSPS) is 28.4. The van der Waals surface area contributed by atoms with Crippen molar-refractivity contribution >= 4 is 10.2 Å². The predicted molar refractivity (Wildman–Crippen MR) is 69.5 cm³/mol. The minimum atomic E-state index is -3.27. The monoisotopic (exact) mass is 277 g/mol. The van der Waals surface area contributed by atoms with Gasteiger partial charge >= 0.3 is 0 Å². The molecule has 0 aliphatic carbocycles. The van der Waals surface area contributed by atoms with Crippen LogP contribution in [0.5, 0.6) is 0 Å². The topological polar surface area (TPSA) is 61.9 Å². The van der Waals surface area contributed by atoms with Crippen molar-refractivity contribution in [2.45, 2.75) is 12.8 Å². The molecule has 2 aliphatic rings. The summed E-state index contributed by atoms with van der Waals surface area (Å²) in [7, 11) is -1.60. The highest BCUT2D eigenvalue weighted by Gasteiger charge is 2.35. The molecule has 2 aliphatic heterocycles. The van der Waals surface area contributed by atoms with Crippen LogP contribution >= 0.6 is 0 Å². The lowest BCUT2D eigenvalue weighted by atomic mass is 10.1. The number of rotatable bonds is 4. The summed E-state index contributed by atoms with van der Waals surface area (Å²) in [5.41, 5.74) is 0. The van der Waals surface area contributed by atoms with Gasteiger partial charge in [-0.3, -0.25) is 0 Å². The first-order chi connectivity index (χ1) is 8.64. The van der Waals surface area contributed by atoms with Gasteiger partial charge in [-0.15, -0.1) is 0 Å². The highest BCUT2D eigenvalue weighted by atomic mass is 32.2. The molecule has 2 rings (SSSR count). The van der Waals surface area contributed by atoms with E-state index in [-0.39, 0.29) is 0 Å². The van der Waals surface area contributed by atoms with Crippen LogP contribution in [-0.4, -0.2) is 70.0 Å². The lowest BCUT2D eigenvalue weighted by Crippen LogP contribution is -2.44. The Kier molecular flexibility index (Phi) is 4.97. The first kappa shape index (κ1) is 14.2. The number of nitrogens with zero attached hydrogens (tertiary/aromatic N) is 2. The molecule has 0 aromatic rings. The van der Waals surface area contributed by atoms with E-state index >= 15 is 0 Å². The van der Waals surface area contributed by atoms with Crippen molar-refractivity contribution in [1.29, 1.82) is 0 Å². The molecule has 2 fully saturated rings. The molecular formula is C11H23N3O3S. The molecule has 6 nitrogen and oxygen atoms in total. The molecule has 0 radical (unpaired) electrons. The van der Waals surface area contributed by atoms with Crippen LogP contribution in [0.1, 0.15) is 12.8 Å². The van der Waals surface area contributed by atoms with Gasteiger partial charge in [-0.2, -0.15) is 17.0 Å². The number of ether oxygens (including phenoxy) is 1. The van der Waals surface area contributed by atoms with Crippen LogP contribution in [0.4, 0.5) is 0 Å². The van der Waals surface area contributed by atoms with Gasteiger partial charge < -0.3 is 10.1 Å². The van der Waals surface area contributed by atoms with Gasteiger partial charge in [0.1, 0.15) is 0 Å². The minimum Gasteiger partial charge on any atom is -0.384 e. The van der Waals surface area contributed by atoms with Crippen molar-refractivity contribution in [3.05, 3.63) is 0 Å². The zero-order chi connectivity index (χ0) is 13.0. The molecule has 0 aromatic carbocycles.